The van der Waals surface area contributed by atoms with E-state index in [1.807, 2.05) is 6.92 Å². The lowest BCUT2D eigenvalue weighted by molar-refractivity contribution is -0.130. The van der Waals surface area contributed by atoms with E-state index in [1.165, 1.54) is 6.92 Å². The van der Waals surface area contributed by atoms with Crippen molar-refractivity contribution in [2.24, 2.45) is 5.92 Å². The van der Waals surface area contributed by atoms with Gasteiger partial charge in [0.15, 0.2) is 15.6 Å². The predicted octanol–water partition coefficient (Wildman–Crippen LogP) is 2.13. The van der Waals surface area contributed by atoms with Crippen molar-refractivity contribution in [2.45, 2.75) is 51.5 Å². The largest absolute Gasteiger partial charge is 0.390 e. The van der Waals surface area contributed by atoms with Gasteiger partial charge in [-0.1, -0.05) is 6.92 Å². The van der Waals surface area contributed by atoms with Crippen LogP contribution >= 0.6 is 0 Å². The Hall–Kier alpha value is -0.630. The van der Waals surface area contributed by atoms with E-state index in [2.05, 4.69) is 0 Å². The number of ether oxygens (including phenoxy) is 1. The fraction of sp³-hybridized carbons (Fsp3) is 0.917. The van der Waals surface area contributed by atoms with E-state index in [1.54, 1.807) is 0 Å². The Kier molecular flexibility index (Phi) is 5.60. The lowest BCUT2D eigenvalue weighted by atomic mass is 9.99. The Balaban J connectivity index is 2.42. The molecule has 1 aliphatic heterocycles. The molecule has 118 valence electrons. The van der Waals surface area contributed by atoms with Crippen molar-refractivity contribution in [1.29, 1.82) is 0 Å². The zero-order valence-electron chi connectivity index (χ0n) is 11.4. The second kappa shape index (κ2) is 6.43. The molecule has 4 nitrogen and oxygen atoms in total. The van der Waals surface area contributed by atoms with Crippen LogP contribution in [0.2, 0.25) is 0 Å². The van der Waals surface area contributed by atoms with E-state index < -0.39 is 34.3 Å². The van der Waals surface area contributed by atoms with Crippen molar-refractivity contribution >= 4 is 15.6 Å². The SMILES string of the molecule is CC(=O)[C@H]1O[C@@H](CCS(=O)(=O)CCC(F)(F)F)C[C@H]1C. The summed E-state index contributed by atoms with van der Waals surface area (Å²) in [5.41, 5.74) is 0. The Morgan fingerprint density at radius 2 is 1.90 bits per heavy atom. The van der Waals surface area contributed by atoms with Crippen LogP contribution in [0.4, 0.5) is 13.2 Å². The average Bonchev–Trinajstić information content (AvgIpc) is 2.65. The Morgan fingerprint density at radius 3 is 2.35 bits per heavy atom. The molecule has 20 heavy (non-hydrogen) atoms. The highest BCUT2D eigenvalue weighted by Crippen LogP contribution is 2.29. The maximum atomic E-state index is 12.0. The molecule has 0 radical (unpaired) electrons. The fourth-order valence-corrected chi connectivity index (χ4v) is 3.67. The number of halogens is 3. The van der Waals surface area contributed by atoms with Crippen molar-refractivity contribution in [1.82, 2.24) is 0 Å². The summed E-state index contributed by atoms with van der Waals surface area (Å²) >= 11 is 0. The average molecular weight is 316 g/mol. The van der Waals surface area contributed by atoms with E-state index in [0.29, 0.717) is 6.42 Å². The molecule has 1 aliphatic rings. The van der Waals surface area contributed by atoms with Crippen LogP contribution in [0.5, 0.6) is 0 Å². The molecule has 0 N–H and O–H groups in total. The molecule has 0 aromatic carbocycles. The van der Waals surface area contributed by atoms with E-state index >= 15 is 0 Å². The molecular formula is C12H19F3O4S. The van der Waals surface area contributed by atoms with Gasteiger partial charge < -0.3 is 4.74 Å². The highest BCUT2D eigenvalue weighted by Gasteiger charge is 2.36. The molecule has 1 fully saturated rings. The van der Waals surface area contributed by atoms with E-state index in [9.17, 15) is 26.4 Å². The van der Waals surface area contributed by atoms with Crippen LogP contribution < -0.4 is 0 Å². The number of Topliss-reactive ketones (excluding diaryl/α,β-unsaturated/α-hetero) is 1. The maximum absolute atomic E-state index is 12.0. The first-order valence-corrected chi connectivity index (χ1v) is 8.25. The molecule has 0 aromatic heterocycles. The van der Waals surface area contributed by atoms with Gasteiger partial charge in [0.25, 0.3) is 0 Å². The second-order valence-electron chi connectivity index (χ2n) is 5.31. The van der Waals surface area contributed by atoms with Crippen molar-refractivity contribution in [2.75, 3.05) is 11.5 Å². The molecule has 3 atom stereocenters. The smallest absolute Gasteiger partial charge is 0.367 e. The van der Waals surface area contributed by atoms with Crippen molar-refractivity contribution in [3.63, 3.8) is 0 Å². The van der Waals surface area contributed by atoms with Gasteiger partial charge in [0.2, 0.25) is 0 Å². The number of ketones is 1. The van der Waals surface area contributed by atoms with Gasteiger partial charge in [-0.15, -0.1) is 0 Å². The van der Waals surface area contributed by atoms with Gasteiger partial charge in [0.05, 0.1) is 24.0 Å². The number of hydrogen-bond acceptors (Lipinski definition) is 4. The summed E-state index contributed by atoms with van der Waals surface area (Å²) in [5, 5.41) is 0. The van der Waals surface area contributed by atoms with Gasteiger partial charge in [0, 0.05) is 0 Å². The molecule has 0 aromatic rings. The maximum Gasteiger partial charge on any atom is 0.390 e. The third kappa shape index (κ3) is 5.78. The molecule has 1 heterocycles. The third-order valence-corrected chi connectivity index (χ3v) is 5.02. The van der Waals surface area contributed by atoms with Crippen LogP contribution in [0.1, 0.15) is 33.1 Å². The van der Waals surface area contributed by atoms with Gasteiger partial charge in [-0.05, 0) is 25.7 Å². The Bertz CT molecular complexity index is 444. The van der Waals surface area contributed by atoms with Crippen LogP contribution in [-0.4, -0.2) is 44.1 Å². The highest BCUT2D eigenvalue weighted by atomic mass is 32.2. The normalized spacial score (nSPS) is 27.8. The lowest BCUT2D eigenvalue weighted by Gasteiger charge is -2.12. The number of carbonyl (C=O) groups is 1. The lowest BCUT2D eigenvalue weighted by Crippen LogP contribution is -2.24. The first-order chi connectivity index (χ1) is 9.00. The monoisotopic (exact) mass is 316 g/mol. The van der Waals surface area contributed by atoms with Crippen LogP contribution in [0.15, 0.2) is 0 Å². The van der Waals surface area contributed by atoms with Gasteiger partial charge in [-0.25, -0.2) is 8.42 Å². The summed E-state index contributed by atoms with van der Waals surface area (Å²) in [4.78, 5) is 11.2. The van der Waals surface area contributed by atoms with Crippen LogP contribution in [0.25, 0.3) is 0 Å². The van der Waals surface area contributed by atoms with Crippen LogP contribution in [-0.2, 0) is 19.4 Å². The molecule has 8 heteroatoms. The minimum absolute atomic E-state index is 0.00961. The molecule has 0 bridgehead atoms. The Morgan fingerprint density at radius 1 is 1.30 bits per heavy atom. The van der Waals surface area contributed by atoms with Crippen LogP contribution in [0.3, 0.4) is 0 Å². The minimum atomic E-state index is -4.47. The minimum Gasteiger partial charge on any atom is -0.367 e. The molecule has 0 spiro atoms. The molecular weight excluding hydrogens is 297 g/mol. The predicted molar refractivity (Wildman–Crippen MR) is 67.1 cm³/mol. The zero-order valence-corrected chi connectivity index (χ0v) is 12.3. The summed E-state index contributed by atoms with van der Waals surface area (Å²) in [7, 11) is -3.74. The molecule has 0 aliphatic carbocycles. The zero-order chi connectivity index (χ0) is 15.6. The van der Waals surface area contributed by atoms with Crippen molar-refractivity contribution in [3.8, 4) is 0 Å². The number of alkyl halides is 3. The molecule has 1 saturated heterocycles. The number of hydrogen-bond donors (Lipinski definition) is 0. The Labute approximate surface area is 116 Å². The topological polar surface area (TPSA) is 60.4 Å². The van der Waals surface area contributed by atoms with Crippen molar-refractivity contribution < 1.29 is 31.1 Å². The highest BCUT2D eigenvalue weighted by molar-refractivity contribution is 7.91. The number of carbonyl (C=O) groups excluding carboxylic acids is 1. The van der Waals surface area contributed by atoms with Gasteiger partial charge >= 0.3 is 6.18 Å². The third-order valence-electron chi connectivity index (χ3n) is 3.34. The summed E-state index contributed by atoms with van der Waals surface area (Å²) in [6.07, 6.45) is -6.01. The first-order valence-electron chi connectivity index (χ1n) is 6.43. The molecule has 0 unspecified atom stereocenters. The van der Waals surface area contributed by atoms with E-state index in [-0.39, 0.29) is 30.0 Å². The first kappa shape index (κ1) is 17.4. The summed E-state index contributed by atoms with van der Waals surface area (Å²) in [6.45, 7) is 3.24. The summed E-state index contributed by atoms with van der Waals surface area (Å²) in [6, 6.07) is 0. The van der Waals surface area contributed by atoms with Crippen LogP contribution in [0, 0.1) is 5.92 Å². The molecule has 0 saturated carbocycles. The second-order valence-corrected chi connectivity index (χ2v) is 7.61. The number of rotatable bonds is 6. The molecule has 1 rings (SSSR count). The van der Waals surface area contributed by atoms with E-state index in [4.69, 9.17) is 4.74 Å². The molecule has 0 amide bonds. The van der Waals surface area contributed by atoms with E-state index in [0.717, 1.165) is 0 Å². The van der Waals surface area contributed by atoms with Crippen molar-refractivity contribution in [3.05, 3.63) is 0 Å². The standard InChI is InChI=1S/C12H19F3O4S/c1-8-7-10(19-11(8)9(2)16)3-5-20(17,18)6-4-12(13,14)15/h8,10-11H,3-7H2,1-2H3/t8-,10+,11+/m1/s1. The van der Waals surface area contributed by atoms with Gasteiger partial charge in [-0.3, -0.25) is 4.79 Å². The van der Waals surface area contributed by atoms with Gasteiger partial charge in [-0.2, -0.15) is 13.2 Å². The summed E-state index contributed by atoms with van der Waals surface area (Å²) in [5.74, 6) is -1.34. The quantitative estimate of drug-likeness (QED) is 0.753. The van der Waals surface area contributed by atoms with Gasteiger partial charge in [0.1, 0.15) is 6.10 Å². The summed E-state index contributed by atoms with van der Waals surface area (Å²) < 4.78 is 64.4. The number of sulfone groups is 1. The fourth-order valence-electron chi connectivity index (χ4n) is 2.30.